The largest absolute Gasteiger partial charge is 0.493 e. The third kappa shape index (κ3) is 2.20. The van der Waals surface area contributed by atoms with Gasteiger partial charge in [0.25, 0.3) is 5.91 Å². The number of amides is 2. The summed E-state index contributed by atoms with van der Waals surface area (Å²) in [6, 6.07) is 14.3. The van der Waals surface area contributed by atoms with Gasteiger partial charge in [0.15, 0.2) is 17.1 Å². The van der Waals surface area contributed by atoms with Gasteiger partial charge in [-0.15, -0.1) is 0 Å². The second-order valence-electron chi connectivity index (χ2n) is 5.45. The van der Waals surface area contributed by atoms with Crippen molar-refractivity contribution in [3.8, 4) is 5.75 Å². The van der Waals surface area contributed by atoms with Crippen LogP contribution in [-0.4, -0.2) is 25.5 Å². The van der Waals surface area contributed by atoms with Crippen LogP contribution in [0.15, 0.2) is 52.9 Å². The number of methoxy groups -OCH3 is 1. The second kappa shape index (κ2) is 5.42. The number of para-hydroxylation sites is 3. The van der Waals surface area contributed by atoms with Gasteiger partial charge < -0.3 is 14.5 Å². The maximum atomic E-state index is 12.9. The molecule has 120 valence electrons. The van der Waals surface area contributed by atoms with Crippen molar-refractivity contribution in [2.75, 3.05) is 23.9 Å². The van der Waals surface area contributed by atoms with Gasteiger partial charge >= 0.3 is 0 Å². The smallest absolute Gasteiger partial charge is 0.294 e. The van der Waals surface area contributed by atoms with Gasteiger partial charge in [0.2, 0.25) is 5.91 Å². The van der Waals surface area contributed by atoms with Gasteiger partial charge in [-0.3, -0.25) is 14.5 Å². The molecule has 0 radical (unpaired) electrons. The summed E-state index contributed by atoms with van der Waals surface area (Å²) in [6.07, 6.45) is 0. The Balaban J connectivity index is 1.78. The summed E-state index contributed by atoms with van der Waals surface area (Å²) >= 11 is 0. The van der Waals surface area contributed by atoms with Gasteiger partial charge in [0, 0.05) is 5.39 Å². The van der Waals surface area contributed by atoms with Gasteiger partial charge in [-0.2, -0.15) is 0 Å². The van der Waals surface area contributed by atoms with E-state index in [-0.39, 0.29) is 24.1 Å². The Morgan fingerprint density at radius 2 is 2.04 bits per heavy atom. The molecule has 0 fully saturated rings. The van der Waals surface area contributed by atoms with Crippen molar-refractivity contribution in [2.24, 2.45) is 0 Å². The predicted octanol–water partition coefficient (Wildman–Crippen LogP) is 3.04. The van der Waals surface area contributed by atoms with Crippen LogP contribution in [0.1, 0.15) is 10.6 Å². The number of ether oxygens (including phenoxy) is 1. The molecule has 0 spiro atoms. The molecule has 2 aromatic carbocycles. The van der Waals surface area contributed by atoms with E-state index in [4.69, 9.17) is 9.15 Å². The van der Waals surface area contributed by atoms with Crippen molar-refractivity contribution in [2.45, 2.75) is 0 Å². The average Bonchev–Trinajstić information content (AvgIpc) is 3.04. The number of hydrogen-bond acceptors (Lipinski definition) is 4. The summed E-state index contributed by atoms with van der Waals surface area (Å²) in [6.45, 7) is -0.0516. The zero-order chi connectivity index (χ0) is 16.7. The lowest BCUT2D eigenvalue weighted by atomic mass is 10.1. The molecule has 24 heavy (non-hydrogen) atoms. The number of carbonyl (C=O) groups is 2. The van der Waals surface area contributed by atoms with E-state index in [2.05, 4.69) is 5.32 Å². The van der Waals surface area contributed by atoms with Crippen molar-refractivity contribution < 1.29 is 18.7 Å². The van der Waals surface area contributed by atoms with E-state index in [1.54, 1.807) is 37.4 Å². The molecule has 0 saturated carbocycles. The number of fused-ring (bicyclic) bond motifs is 2. The van der Waals surface area contributed by atoms with Crippen molar-refractivity contribution in [3.63, 3.8) is 0 Å². The first kappa shape index (κ1) is 14.3. The van der Waals surface area contributed by atoms with E-state index in [0.29, 0.717) is 22.7 Å². The molecule has 0 bridgehead atoms. The molecule has 0 unspecified atom stereocenters. The molecule has 6 heteroatoms. The molecule has 0 atom stereocenters. The van der Waals surface area contributed by atoms with E-state index >= 15 is 0 Å². The highest BCUT2D eigenvalue weighted by Crippen LogP contribution is 2.33. The van der Waals surface area contributed by atoms with Crippen LogP contribution in [0.2, 0.25) is 0 Å². The number of furan rings is 1. The third-order valence-corrected chi connectivity index (χ3v) is 3.95. The summed E-state index contributed by atoms with van der Waals surface area (Å²) in [7, 11) is 1.55. The first-order valence-electron chi connectivity index (χ1n) is 7.44. The van der Waals surface area contributed by atoms with Gasteiger partial charge in [0.05, 0.1) is 18.5 Å². The van der Waals surface area contributed by atoms with E-state index in [1.807, 2.05) is 18.2 Å². The first-order valence-corrected chi connectivity index (χ1v) is 7.44. The summed E-state index contributed by atoms with van der Waals surface area (Å²) in [5.74, 6) is 0.119. The number of nitrogens with zero attached hydrogens (tertiary/aromatic N) is 1. The lowest BCUT2D eigenvalue weighted by Gasteiger charge is -2.28. The summed E-state index contributed by atoms with van der Waals surface area (Å²) < 4.78 is 11.0. The molecule has 6 nitrogen and oxygen atoms in total. The maximum Gasteiger partial charge on any atom is 0.294 e. The van der Waals surface area contributed by atoms with Gasteiger partial charge in [-0.05, 0) is 24.3 Å². The molecule has 1 aromatic heterocycles. The zero-order valence-corrected chi connectivity index (χ0v) is 12.9. The molecule has 1 N–H and O–H groups in total. The molecule has 3 aromatic rings. The lowest BCUT2D eigenvalue weighted by Crippen LogP contribution is -2.42. The number of anilines is 2. The molecule has 0 saturated heterocycles. The number of benzene rings is 2. The molecular formula is C18H14N2O4. The third-order valence-electron chi connectivity index (χ3n) is 3.95. The van der Waals surface area contributed by atoms with Gasteiger partial charge in [-0.1, -0.05) is 24.3 Å². The fraction of sp³-hybridized carbons (Fsp3) is 0.111. The Morgan fingerprint density at radius 3 is 2.88 bits per heavy atom. The minimum Gasteiger partial charge on any atom is -0.493 e. The van der Waals surface area contributed by atoms with Crippen molar-refractivity contribution in [3.05, 3.63) is 54.3 Å². The number of hydrogen-bond donors (Lipinski definition) is 1. The maximum absolute atomic E-state index is 12.9. The van der Waals surface area contributed by atoms with Crippen molar-refractivity contribution in [1.82, 2.24) is 0 Å². The zero-order valence-electron chi connectivity index (χ0n) is 12.9. The van der Waals surface area contributed by atoms with Crippen LogP contribution >= 0.6 is 0 Å². The predicted molar refractivity (Wildman–Crippen MR) is 89.5 cm³/mol. The van der Waals surface area contributed by atoms with E-state index in [9.17, 15) is 9.59 Å². The molecule has 2 amide bonds. The van der Waals surface area contributed by atoms with Crippen molar-refractivity contribution in [1.29, 1.82) is 0 Å². The molecule has 1 aliphatic rings. The van der Waals surface area contributed by atoms with E-state index in [0.717, 1.165) is 5.39 Å². The highest BCUT2D eigenvalue weighted by Gasteiger charge is 2.29. The lowest BCUT2D eigenvalue weighted by molar-refractivity contribution is -0.115. The quantitative estimate of drug-likeness (QED) is 0.787. The van der Waals surface area contributed by atoms with E-state index < -0.39 is 0 Å². The Labute approximate surface area is 137 Å². The topological polar surface area (TPSA) is 71.8 Å². The molecule has 2 heterocycles. The summed E-state index contributed by atoms with van der Waals surface area (Å²) in [5, 5.41) is 3.53. The monoisotopic (exact) mass is 322 g/mol. The van der Waals surface area contributed by atoms with E-state index in [1.165, 1.54) is 4.90 Å². The molecule has 0 aliphatic carbocycles. The Morgan fingerprint density at radius 1 is 1.21 bits per heavy atom. The second-order valence-corrected chi connectivity index (χ2v) is 5.45. The Kier molecular flexibility index (Phi) is 3.23. The fourth-order valence-corrected chi connectivity index (χ4v) is 2.85. The van der Waals surface area contributed by atoms with Crippen LogP contribution in [0.25, 0.3) is 11.0 Å². The molecular weight excluding hydrogens is 308 g/mol. The van der Waals surface area contributed by atoms with Crippen LogP contribution in [0.5, 0.6) is 5.75 Å². The van der Waals surface area contributed by atoms with Gasteiger partial charge in [-0.25, -0.2) is 0 Å². The highest BCUT2D eigenvalue weighted by molar-refractivity contribution is 6.15. The Hall–Kier alpha value is -3.28. The summed E-state index contributed by atoms with van der Waals surface area (Å²) in [4.78, 5) is 26.2. The minimum absolute atomic E-state index is 0.0516. The summed E-state index contributed by atoms with van der Waals surface area (Å²) in [5.41, 5.74) is 1.77. The number of nitrogens with one attached hydrogen (secondary N) is 1. The van der Waals surface area contributed by atoms with Crippen LogP contribution < -0.4 is 15.0 Å². The fourth-order valence-electron chi connectivity index (χ4n) is 2.85. The van der Waals surface area contributed by atoms with Crippen LogP contribution in [-0.2, 0) is 4.79 Å². The molecule has 1 aliphatic heterocycles. The van der Waals surface area contributed by atoms with Gasteiger partial charge in [0.1, 0.15) is 6.54 Å². The Bertz CT molecular complexity index is 961. The highest BCUT2D eigenvalue weighted by atomic mass is 16.5. The normalized spacial score (nSPS) is 13.5. The number of rotatable bonds is 2. The van der Waals surface area contributed by atoms with Crippen LogP contribution in [0.4, 0.5) is 11.4 Å². The standard InChI is InChI=1S/C18H14N2O4/c1-23-14-8-4-5-11-9-15(24-17(11)14)18(22)20-10-16(21)19-12-6-2-3-7-13(12)20/h2-9H,10H2,1H3,(H,19,21). The van der Waals surface area contributed by atoms with Crippen LogP contribution in [0, 0.1) is 0 Å². The SMILES string of the molecule is COc1cccc2cc(C(=O)N3CC(=O)Nc4ccccc43)oc12. The first-order chi connectivity index (χ1) is 11.7. The number of carbonyl (C=O) groups excluding carboxylic acids is 2. The minimum atomic E-state index is -0.365. The molecule has 4 rings (SSSR count). The van der Waals surface area contributed by atoms with Crippen LogP contribution in [0.3, 0.4) is 0 Å². The van der Waals surface area contributed by atoms with Crippen molar-refractivity contribution >= 4 is 34.2 Å². The average molecular weight is 322 g/mol.